The minimum atomic E-state index is -2.45. The predicted octanol–water partition coefficient (Wildman–Crippen LogP) is 9.88. The van der Waals surface area contributed by atoms with Crippen molar-refractivity contribution < 1.29 is 46.0 Å². The number of amides is 1. The third kappa shape index (κ3) is 9.09. The number of nitrogens with two attached hydrogens (primary N) is 1. The van der Waals surface area contributed by atoms with E-state index < -0.39 is 66.5 Å². The standard InChI is InChI=1S/C50H59F4N5O6Si/c1-29(2)66(30(3)4,31(5)6)20-17-37-39(52)16-13-33-21-36(65-28-61-7)22-38(41(33)37)42-44(53)46-43(47(63-9)45(42)54)48(58(26-40(55)60)24-32-11-14-35(62-8)15-12-32)57-49(56-46)64-27-50-18-10-19-59(50)25-34(51)23-50/h11-16,21-22,29-31,34H,10,18-19,23-28H2,1-9H3,(H2,55,60)/t34-,50+/m1/s1. The van der Waals surface area contributed by atoms with Gasteiger partial charge in [-0.25, -0.2) is 17.6 Å². The Bertz CT molecular complexity index is 2650. The van der Waals surface area contributed by atoms with Gasteiger partial charge in [-0.05, 0) is 77.3 Å². The molecule has 2 atom stereocenters. The fourth-order valence-corrected chi connectivity index (χ4v) is 15.7. The number of benzene rings is 4. The lowest BCUT2D eigenvalue weighted by atomic mass is 9.92. The summed E-state index contributed by atoms with van der Waals surface area (Å²) in [6.45, 7) is 13.1. The summed E-state index contributed by atoms with van der Waals surface area (Å²) in [5.41, 5.74) is 8.95. The van der Waals surface area contributed by atoms with Crippen LogP contribution in [0.15, 0.2) is 48.5 Å². The highest BCUT2D eigenvalue weighted by atomic mass is 28.3. The number of carbonyl (C=O) groups excluding carboxylic acids is 1. The highest BCUT2D eigenvalue weighted by molar-refractivity contribution is 6.90. The van der Waals surface area contributed by atoms with Gasteiger partial charge in [0, 0.05) is 37.6 Å². The number of methoxy groups -OCH3 is 3. The fraction of sp³-hybridized carbons (Fsp3) is 0.460. The van der Waals surface area contributed by atoms with Crippen LogP contribution in [0.4, 0.5) is 23.4 Å². The lowest BCUT2D eigenvalue weighted by Gasteiger charge is -2.38. The van der Waals surface area contributed by atoms with Crippen LogP contribution in [0, 0.1) is 28.9 Å². The Kier molecular flexibility index (Phi) is 14.4. The number of carbonyl (C=O) groups is 1. The molecule has 352 valence electrons. The van der Waals surface area contributed by atoms with Crippen LogP contribution in [0.1, 0.15) is 71.9 Å². The Morgan fingerprint density at radius 1 is 0.924 bits per heavy atom. The van der Waals surface area contributed by atoms with Crippen LogP contribution in [0.2, 0.25) is 16.6 Å². The maximum atomic E-state index is 18.2. The second kappa shape index (κ2) is 19.7. The van der Waals surface area contributed by atoms with Crippen LogP contribution in [0.3, 0.4) is 0 Å². The van der Waals surface area contributed by atoms with E-state index in [9.17, 15) is 9.18 Å². The van der Waals surface area contributed by atoms with Gasteiger partial charge in [0.05, 0.1) is 42.8 Å². The smallest absolute Gasteiger partial charge is 0.319 e. The molecule has 2 saturated heterocycles. The first-order chi connectivity index (χ1) is 31.5. The molecule has 0 unspecified atom stereocenters. The molecule has 5 aromatic rings. The Morgan fingerprint density at radius 2 is 1.64 bits per heavy atom. The van der Waals surface area contributed by atoms with Crippen LogP contribution in [-0.4, -0.2) is 94.9 Å². The van der Waals surface area contributed by atoms with Crippen molar-refractivity contribution >= 4 is 41.5 Å². The summed E-state index contributed by atoms with van der Waals surface area (Å²) in [7, 11) is 1.74. The number of nitrogens with zero attached hydrogens (tertiary/aromatic N) is 4. The summed E-state index contributed by atoms with van der Waals surface area (Å²) < 4.78 is 95.9. The van der Waals surface area contributed by atoms with Gasteiger partial charge in [0.2, 0.25) is 5.91 Å². The molecule has 11 nitrogen and oxygen atoms in total. The first kappa shape index (κ1) is 48.3. The number of fused-ring (bicyclic) bond motifs is 3. The largest absolute Gasteiger partial charge is 0.497 e. The van der Waals surface area contributed by atoms with E-state index in [1.54, 1.807) is 30.3 Å². The zero-order valence-electron chi connectivity index (χ0n) is 39.1. The Hall–Kier alpha value is -5.63. The molecule has 0 spiro atoms. The van der Waals surface area contributed by atoms with Crippen molar-refractivity contribution in [3.63, 3.8) is 0 Å². The van der Waals surface area contributed by atoms with Gasteiger partial charge in [-0.1, -0.05) is 65.7 Å². The molecule has 1 amide bonds. The minimum absolute atomic E-state index is 0.00730. The van der Waals surface area contributed by atoms with Crippen LogP contribution >= 0.6 is 0 Å². The number of primary amides is 1. The Labute approximate surface area is 384 Å². The minimum Gasteiger partial charge on any atom is -0.497 e. The average molecular weight is 930 g/mol. The van der Waals surface area contributed by atoms with Gasteiger partial charge in [-0.15, -0.1) is 5.54 Å². The molecule has 3 heterocycles. The summed E-state index contributed by atoms with van der Waals surface area (Å²) in [5.74, 6) is -0.328. The second-order valence-electron chi connectivity index (χ2n) is 18.3. The third-order valence-corrected chi connectivity index (χ3v) is 19.8. The molecule has 2 N–H and O–H groups in total. The van der Waals surface area contributed by atoms with E-state index in [0.717, 1.165) is 6.42 Å². The highest BCUT2D eigenvalue weighted by Gasteiger charge is 2.49. The van der Waals surface area contributed by atoms with Crippen molar-refractivity contribution in [3.05, 3.63) is 77.1 Å². The van der Waals surface area contributed by atoms with Crippen molar-refractivity contribution in [2.45, 2.75) is 95.7 Å². The summed E-state index contributed by atoms with van der Waals surface area (Å²) in [5, 5.41) is 0.331. The van der Waals surface area contributed by atoms with Gasteiger partial charge in [0.1, 0.15) is 49.5 Å². The zero-order chi connectivity index (χ0) is 47.7. The second-order valence-corrected chi connectivity index (χ2v) is 23.9. The van der Waals surface area contributed by atoms with Gasteiger partial charge < -0.3 is 34.3 Å². The van der Waals surface area contributed by atoms with Gasteiger partial charge >= 0.3 is 6.01 Å². The maximum absolute atomic E-state index is 18.2. The average Bonchev–Trinajstić information content (AvgIpc) is 3.81. The van der Waals surface area contributed by atoms with Crippen molar-refractivity contribution in [2.24, 2.45) is 5.73 Å². The molecule has 2 fully saturated rings. The van der Waals surface area contributed by atoms with Crippen molar-refractivity contribution in [3.8, 4) is 45.9 Å². The molecule has 0 bridgehead atoms. The highest BCUT2D eigenvalue weighted by Crippen LogP contribution is 2.48. The molecule has 0 saturated carbocycles. The summed E-state index contributed by atoms with van der Waals surface area (Å²) in [6.07, 6.45) is 0.693. The molecule has 16 heteroatoms. The van der Waals surface area contributed by atoms with E-state index in [-0.39, 0.29) is 89.0 Å². The summed E-state index contributed by atoms with van der Waals surface area (Å²) in [4.78, 5) is 25.6. The van der Waals surface area contributed by atoms with Crippen LogP contribution in [0.25, 0.3) is 32.8 Å². The molecule has 4 aromatic carbocycles. The lowest BCUT2D eigenvalue weighted by Crippen LogP contribution is -2.43. The first-order valence-corrected chi connectivity index (χ1v) is 24.6. The predicted molar refractivity (Wildman–Crippen MR) is 251 cm³/mol. The molecule has 0 aliphatic carbocycles. The lowest BCUT2D eigenvalue weighted by molar-refractivity contribution is -0.116. The maximum Gasteiger partial charge on any atom is 0.319 e. The van der Waals surface area contributed by atoms with E-state index in [4.69, 9.17) is 34.4 Å². The monoisotopic (exact) mass is 929 g/mol. The Balaban J connectivity index is 1.53. The van der Waals surface area contributed by atoms with Crippen LogP contribution < -0.4 is 29.6 Å². The van der Waals surface area contributed by atoms with Crippen molar-refractivity contribution in [1.82, 2.24) is 14.9 Å². The molecule has 0 radical (unpaired) electrons. The molecule has 7 rings (SSSR count). The van der Waals surface area contributed by atoms with Crippen molar-refractivity contribution in [2.75, 3.05) is 59.3 Å². The molecule has 1 aromatic heterocycles. The number of alkyl halides is 1. The van der Waals surface area contributed by atoms with E-state index in [2.05, 4.69) is 62.9 Å². The van der Waals surface area contributed by atoms with E-state index in [1.807, 2.05) is 0 Å². The SMILES string of the molecule is COCOc1cc(-c2c(F)c(OC)c3c(N(CC(N)=O)Cc4ccc(OC)cc4)nc(OC[C@@]45CCCN4C[C@H](F)C5)nc3c2F)c2c(C#C[Si](C(C)C)(C(C)C)C(C)C)c(F)ccc2c1. The number of hydrogen-bond acceptors (Lipinski definition) is 10. The topological polar surface area (TPSA) is 122 Å². The number of anilines is 1. The number of ether oxygens (including phenoxy) is 5. The van der Waals surface area contributed by atoms with Crippen molar-refractivity contribution in [1.29, 1.82) is 0 Å². The summed E-state index contributed by atoms with van der Waals surface area (Å²) >= 11 is 0. The molecule has 66 heavy (non-hydrogen) atoms. The quantitative estimate of drug-likeness (QED) is 0.0418. The van der Waals surface area contributed by atoms with Crippen LogP contribution in [-0.2, 0) is 16.1 Å². The van der Waals surface area contributed by atoms with E-state index in [1.165, 1.54) is 44.4 Å². The number of hydrogen-bond donors (Lipinski definition) is 1. The summed E-state index contributed by atoms with van der Waals surface area (Å²) in [6, 6.07) is 12.5. The molecule has 2 aliphatic heterocycles. The first-order valence-electron chi connectivity index (χ1n) is 22.3. The normalized spacial score (nSPS) is 17.4. The van der Waals surface area contributed by atoms with Gasteiger partial charge in [0.25, 0.3) is 0 Å². The van der Waals surface area contributed by atoms with Crippen LogP contribution in [0.5, 0.6) is 23.3 Å². The zero-order valence-corrected chi connectivity index (χ0v) is 40.1. The fourth-order valence-electron chi connectivity index (χ4n) is 10.5. The Morgan fingerprint density at radius 3 is 2.27 bits per heavy atom. The molecular weight excluding hydrogens is 871 g/mol. The number of rotatable bonds is 17. The third-order valence-electron chi connectivity index (χ3n) is 13.5. The van der Waals surface area contributed by atoms with Gasteiger partial charge in [-0.2, -0.15) is 9.97 Å². The molecular formula is C50H59F4N5O6Si. The number of aromatic nitrogens is 2. The van der Waals surface area contributed by atoms with Gasteiger partial charge in [-0.3, -0.25) is 9.69 Å². The van der Waals surface area contributed by atoms with E-state index >= 15 is 13.2 Å². The molecule has 2 aliphatic rings. The number of halogens is 4. The van der Waals surface area contributed by atoms with E-state index in [0.29, 0.717) is 29.7 Å². The van der Waals surface area contributed by atoms with Gasteiger partial charge in [0.15, 0.2) is 24.2 Å².